The second-order valence-electron chi connectivity index (χ2n) is 4.41. The molecule has 0 amide bonds. The topological polar surface area (TPSA) is 43.1 Å². The molecule has 1 aromatic rings. The normalized spacial score (nSPS) is 26.1. The van der Waals surface area contributed by atoms with Gasteiger partial charge in [0.25, 0.3) is 0 Å². The highest BCUT2D eigenvalue weighted by molar-refractivity contribution is 5.53. The molecular weight excluding hydrogens is 186 g/mol. The van der Waals surface area contributed by atoms with Gasteiger partial charge in [0.05, 0.1) is 0 Å². The predicted octanol–water partition coefficient (Wildman–Crippen LogP) is 2.74. The maximum absolute atomic E-state index is 10.6. The highest BCUT2D eigenvalue weighted by Gasteiger charge is 2.21. The summed E-state index contributed by atoms with van der Waals surface area (Å²) in [7, 11) is 0. The lowest BCUT2D eigenvalue weighted by Crippen LogP contribution is -2.14. The van der Waals surface area contributed by atoms with Gasteiger partial charge in [0.2, 0.25) is 0 Å². The van der Waals surface area contributed by atoms with E-state index < -0.39 is 0 Å². The van der Waals surface area contributed by atoms with Crippen molar-refractivity contribution in [3.8, 4) is 0 Å². The molecule has 0 unspecified atom stereocenters. The van der Waals surface area contributed by atoms with E-state index in [0.29, 0.717) is 11.8 Å². The van der Waals surface area contributed by atoms with E-state index in [9.17, 15) is 4.79 Å². The molecular formula is C13H17NO. The highest BCUT2D eigenvalue weighted by atomic mass is 16.1. The van der Waals surface area contributed by atoms with Crippen LogP contribution in [0.3, 0.4) is 0 Å². The summed E-state index contributed by atoms with van der Waals surface area (Å²) in [5, 5.41) is 0. The first-order chi connectivity index (χ1) is 7.29. The Kier molecular flexibility index (Phi) is 3.05. The standard InChI is InChI=1S/C13H17NO/c14-13-7-5-12(6-8-13)11-3-1-10(9-15)2-4-11/h5-11H,1-4,14H2. The minimum atomic E-state index is 0.301. The molecule has 1 aromatic carbocycles. The third-order valence-corrected chi connectivity index (χ3v) is 3.37. The quantitative estimate of drug-likeness (QED) is 0.593. The molecule has 1 aliphatic rings. The van der Waals surface area contributed by atoms with Gasteiger partial charge in [0.15, 0.2) is 0 Å². The van der Waals surface area contributed by atoms with Crippen molar-refractivity contribution in [2.45, 2.75) is 31.6 Å². The van der Waals surface area contributed by atoms with Gasteiger partial charge in [-0.05, 0) is 49.3 Å². The number of carbonyl (C=O) groups excluding carboxylic acids is 1. The average Bonchev–Trinajstić information content (AvgIpc) is 2.30. The van der Waals surface area contributed by atoms with Gasteiger partial charge >= 0.3 is 0 Å². The molecule has 2 nitrogen and oxygen atoms in total. The van der Waals surface area contributed by atoms with Crippen molar-refractivity contribution < 1.29 is 4.79 Å². The van der Waals surface area contributed by atoms with Crippen molar-refractivity contribution in [3.05, 3.63) is 29.8 Å². The van der Waals surface area contributed by atoms with Crippen molar-refractivity contribution in [1.82, 2.24) is 0 Å². The van der Waals surface area contributed by atoms with E-state index in [1.807, 2.05) is 12.1 Å². The van der Waals surface area contributed by atoms with Gasteiger partial charge in [-0.15, -0.1) is 0 Å². The van der Waals surface area contributed by atoms with Crippen molar-refractivity contribution in [1.29, 1.82) is 0 Å². The van der Waals surface area contributed by atoms with Gasteiger partial charge in [-0.25, -0.2) is 0 Å². The molecule has 0 aliphatic heterocycles. The SMILES string of the molecule is Nc1ccc(C2CCC(C=O)CC2)cc1. The van der Waals surface area contributed by atoms with Gasteiger partial charge in [-0.1, -0.05) is 12.1 Å². The van der Waals surface area contributed by atoms with E-state index in [-0.39, 0.29) is 0 Å². The number of carbonyl (C=O) groups is 1. The van der Waals surface area contributed by atoms with Crippen molar-refractivity contribution in [2.24, 2.45) is 5.92 Å². The predicted molar refractivity (Wildman–Crippen MR) is 61.6 cm³/mol. The molecule has 1 aliphatic carbocycles. The van der Waals surface area contributed by atoms with E-state index in [4.69, 9.17) is 5.73 Å². The molecule has 0 heterocycles. The molecule has 2 heteroatoms. The van der Waals surface area contributed by atoms with E-state index in [2.05, 4.69) is 12.1 Å². The summed E-state index contributed by atoms with van der Waals surface area (Å²) in [6.45, 7) is 0. The fourth-order valence-corrected chi connectivity index (χ4v) is 2.36. The van der Waals surface area contributed by atoms with Crippen molar-refractivity contribution in [2.75, 3.05) is 5.73 Å². The van der Waals surface area contributed by atoms with Crippen LogP contribution in [0.1, 0.15) is 37.2 Å². The third-order valence-electron chi connectivity index (χ3n) is 3.37. The maximum Gasteiger partial charge on any atom is 0.123 e. The molecule has 2 N–H and O–H groups in total. The minimum absolute atomic E-state index is 0.301. The zero-order valence-corrected chi connectivity index (χ0v) is 8.86. The fourth-order valence-electron chi connectivity index (χ4n) is 2.36. The smallest absolute Gasteiger partial charge is 0.123 e. The molecule has 0 atom stereocenters. The highest BCUT2D eigenvalue weighted by Crippen LogP contribution is 2.35. The third kappa shape index (κ3) is 2.38. The van der Waals surface area contributed by atoms with Gasteiger partial charge in [0, 0.05) is 11.6 Å². The summed E-state index contributed by atoms with van der Waals surface area (Å²) in [5.74, 6) is 0.928. The maximum atomic E-state index is 10.6. The molecule has 0 aromatic heterocycles. The van der Waals surface area contributed by atoms with Crippen LogP contribution in [0, 0.1) is 5.92 Å². The molecule has 80 valence electrons. The number of hydrogen-bond donors (Lipinski definition) is 1. The summed E-state index contributed by atoms with van der Waals surface area (Å²) in [6.07, 6.45) is 5.46. The zero-order valence-electron chi connectivity index (χ0n) is 8.86. The van der Waals surface area contributed by atoms with Crippen LogP contribution in [0.5, 0.6) is 0 Å². The van der Waals surface area contributed by atoms with Crippen molar-refractivity contribution in [3.63, 3.8) is 0 Å². The van der Waals surface area contributed by atoms with E-state index in [1.54, 1.807) is 0 Å². The zero-order chi connectivity index (χ0) is 10.7. The first kappa shape index (κ1) is 10.2. The van der Waals surface area contributed by atoms with Crippen LogP contribution in [-0.4, -0.2) is 6.29 Å². The first-order valence-corrected chi connectivity index (χ1v) is 5.60. The van der Waals surface area contributed by atoms with E-state index in [0.717, 1.165) is 37.7 Å². The van der Waals surface area contributed by atoms with Crippen LogP contribution in [0.2, 0.25) is 0 Å². The Morgan fingerprint density at radius 2 is 1.67 bits per heavy atom. The molecule has 0 radical (unpaired) electrons. The number of rotatable bonds is 2. The summed E-state index contributed by atoms with van der Waals surface area (Å²) in [6, 6.07) is 8.14. The van der Waals surface area contributed by atoms with Crippen LogP contribution < -0.4 is 5.73 Å². The molecule has 2 rings (SSSR count). The Hall–Kier alpha value is -1.31. The number of benzene rings is 1. The second-order valence-corrected chi connectivity index (χ2v) is 4.41. The number of aldehydes is 1. The Balaban J connectivity index is 2.01. The number of nitrogen functional groups attached to an aromatic ring is 1. The fraction of sp³-hybridized carbons (Fsp3) is 0.462. The monoisotopic (exact) mass is 203 g/mol. The second kappa shape index (κ2) is 4.47. The number of anilines is 1. The lowest BCUT2D eigenvalue weighted by Gasteiger charge is -2.25. The average molecular weight is 203 g/mol. The van der Waals surface area contributed by atoms with Crippen LogP contribution in [0.4, 0.5) is 5.69 Å². The van der Waals surface area contributed by atoms with Gasteiger partial charge in [-0.3, -0.25) is 0 Å². The number of hydrogen-bond acceptors (Lipinski definition) is 2. The Labute approximate surface area is 90.5 Å². The number of nitrogens with two attached hydrogens (primary N) is 1. The van der Waals surface area contributed by atoms with Crippen LogP contribution in [0.25, 0.3) is 0 Å². The molecule has 1 saturated carbocycles. The van der Waals surface area contributed by atoms with Crippen molar-refractivity contribution >= 4 is 12.0 Å². The van der Waals surface area contributed by atoms with Gasteiger partial charge < -0.3 is 10.5 Å². The summed E-state index contributed by atoms with van der Waals surface area (Å²) in [4.78, 5) is 10.6. The lowest BCUT2D eigenvalue weighted by atomic mass is 9.79. The van der Waals surface area contributed by atoms with E-state index >= 15 is 0 Å². The summed E-state index contributed by atoms with van der Waals surface area (Å²) >= 11 is 0. The first-order valence-electron chi connectivity index (χ1n) is 5.60. The van der Waals surface area contributed by atoms with Crippen LogP contribution >= 0.6 is 0 Å². The Morgan fingerprint density at radius 3 is 2.20 bits per heavy atom. The minimum Gasteiger partial charge on any atom is -0.399 e. The molecule has 15 heavy (non-hydrogen) atoms. The lowest BCUT2D eigenvalue weighted by molar-refractivity contribution is -0.111. The molecule has 0 saturated heterocycles. The summed E-state index contributed by atoms with van der Waals surface area (Å²) in [5.41, 5.74) is 7.84. The van der Waals surface area contributed by atoms with Crippen LogP contribution in [0.15, 0.2) is 24.3 Å². The molecule has 0 spiro atoms. The van der Waals surface area contributed by atoms with Gasteiger partial charge in [-0.2, -0.15) is 0 Å². The van der Waals surface area contributed by atoms with Gasteiger partial charge in [0.1, 0.15) is 6.29 Å². The van der Waals surface area contributed by atoms with E-state index in [1.165, 1.54) is 5.56 Å². The molecule has 0 bridgehead atoms. The largest absolute Gasteiger partial charge is 0.399 e. The summed E-state index contributed by atoms with van der Waals surface area (Å²) < 4.78 is 0. The Morgan fingerprint density at radius 1 is 1.07 bits per heavy atom. The molecule has 1 fully saturated rings. The Bertz CT molecular complexity index is 323. The van der Waals surface area contributed by atoms with Crippen LogP contribution in [-0.2, 0) is 4.79 Å².